The normalized spacial score (nSPS) is 19.3. The molecule has 1 unspecified atom stereocenters. The summed E-state index contributed by atoms with van der Waals surface area (Å²) in [7, 11) is 1.37. The fourth-order valence-electron chi connectivity index (χ4n) is 2.04. The van der Waals surface area contributed by atoms with Crippen LogP contribution in [0.4, 0.5) is 5.69 Å². The molecule has 1 fully saturated rings. The Morgan fingerprint density at radius 2 is 1.82 bits per heavy atom. The molecule has 0 amide bonds. The van der Waals surface area contributed by atoms with Crippen LogP contribution in [0.15, 0.2) is 24.3 Å². The molecule has 17 heavy (non-hydrogen) atoms. The first-order valence-corrected chi connectivity index (χ1v) is 7.56. The first-order valence-electron chi connectivity index (χ1n) is 6.08. The monoisotopic (exact) mass is 252 g/mol. The van der Waals surface area contributed by atoms with Crippen LogP contribution in [0.25, 0.3) is 0 Å². The van der Waals surface area contributed by atoms with Gasteiger partial charge < -0.3 is 10.2 Å². The van der Waals surface area contributed by atoms with Crippen molar-refractivity contribution in [2.45, 2.75) is 13.0 Å². The zero-order valence-corrected chi connectivity index (χ0v) is 11.3. The third-order valence-corrected chi connectivity index (χ3v) is 4.64. The summed E-state index contributed by atoms with van der Waals surface area (Å²) in [6, 6.07) is 9.05. The van der Waals surface area contributed by atoms with Crippen LogP contribution in [-0.4, -0.2) is 35.9 Å². The Balaban J connectivity index is 2.05. The highest BCUT2D eigenvalue weighted by Crippen LogP contribution is 2.20. The average molecular weight is 252 g/mol. The van der Waals surface area contributed by atoms with Crippen LogP contribution in [0.3, 0.4) is 0 Å². The third-order valence-electron chi connectivity index (χ3n) is 3.37. The molecule has 1 N–H and O–H groups in total. The minimum atomic E-state index is -0.599. The Labute approximate surface area is 106 Å². The number of nitrogens with one attached hydrogen (secondary N) is 1. The average Bonchev–Trinajstić information content (AvgIpc) is 2.39. The van der Waals surface area contributed by atoms with Crippen LogP contribution in [-0.2, 0) is 10.8 Å². The van der Waals surface area contributed by atoms with E-state index in [0.29, 0.717) is 6.04 Å². The smallest absolute Gasteiger partial charge is 0.0411 e. The second-order valence-corrected chi connectivity index (χ2v) is 6.13. The van der Waals surface area contributed by atoms with Gasteiger partial charge in [0.1, 0.15) is 0 Å². The molecule has 0 radical (unpaired) electrons. The van der Waals surface area contributed by atoms with Gasteiger partial charge in [-0.3, -0.25) is 4.21 Å². The maximum Gasteiger partial charge on any atom is 0.0411 e. The van der Waals surface area contributed by atoms with Gasteiger partial charge in [-0.2, -0.15) is 0 Å². The number of benzene rings is 1. The molecule has 0 aromatic heterocycles. The van der Waals surface area contributed by atoms with Gasteiger partial charge in [0.25, 0.3) is 0 Å². The van der Waals surface area contributed by atoms with Gasteiger partial charge in [-0.15, -0.1) is 0 Å². The Morgan fingerprint density at radius 3 is 2.35 bits per heavy atom. The lowest BCUT2D eigenvalue weighted by molar-refractivity contribution is 0.652. The van der Waals surface area contributed by atoms with Crippen LogP contribution >= 0.6 is 0 Å². The number of hydrogen-bond donors (Lipinski definition) is 1. The van der Waals surface area contributed by atoms with E-state index < -0.39 is 10.8 Å². The quantitative estimate of drug-likeness (QED) is 0.885. The standard InChI is InChI=1S/C13H20N2OS/c1-11(14-2)12-3-5-13(6-4-12)15-7-9-17(16)10-8-15/h3-6,11,14H,7-10H2,1-2H3. The van der Waals surface area contributed by atoms with Gasteiger partial charge in [0.2, 0.25) is 0 Å². The first kappa shape index (κ1) is 12.6. The molecule has 4 heteroatoms. The summed E-state index contributed by atoms with van der Waals surface area (Å²) in [4.78, 5) is 2.31. The van der Waals surface area contributed by atoms with Gasteiger partial charge in [-0.05, 0) is 31.7 Å². The molecule has 1 atom stereocenters. The molecule has 1 aromatic carbocycles. The van der Waals surface area contributed by atoms with E-state index in [-0.39, 0.29) is 0 Å². The lowest BCUT2D eigenvalue weighted by Gasteiger charge is -2.28. The highest BCUT2D eigenvalue weighted by atomic mass is 32.2. The molecule has 1 heterocycles. The number of nitrogens with zero attached hydrogens (tertiary/aromatic N) is 1. The number of rotatable bonds is 3. The molecule has 3 nitrogen and oxygen atoms in total. The molecule has 1 aromatic rings. The first-order chi connectivity index (χ1) is 8.20. The molecule has 1 saturated heterocycles. The minimum absolute atomic E-state index is 0.387. The van der Waals surface area contributed by atoms with Crippen molar-refractivity contribution in [1.82, 2.24) is 5.32 Å². The Hall–Kier alpha value is -0.870. The molecule has 1 aliphatic heterocycles. The van der Waals surface area contributed by atoms with Crippen molar-refractivity contribution in [3.63, 3.8) is 0 Å². The van der Waals surface area contributed by atoms with E-state index in [4.69, 9.17) is 0 Å². The van der Waals surface area contributed by atoms with Crippen LogP contribution in [0.2, 0.25) is 0 Å². The highest BCUT2D eigenvalue weighted by molar-refractivity contribution is 7.85. The van der Waals surface area contributed by atoms with Gasteiger partial charge in [-0.1, -0.05) is 12.1 Å². The predicted molar refractivity (Wildman–Crippen MR) is 74.0 cm³/mol. The molecular formula is C13H20N2OS. The molecule has 0 spiro atoms. The summed E-state index contributed by atoms with van der Waals surface area (Å²) in [5.41, 5.74) is 2.55. The zero-order chi connectivity index (χ0) is 12.3. The van der Waals surface area contributed by atoms with Crippen LogP contribution in [0.5, 0.6) is 0 Å². The third kappa shape index (κ3) is 3.07. The van der Waals surface area contributed by atoms with E-state index >= 15 is 0 Å². The van der Waals surface area contributed by atoms with Gasteiger partial charge in [0.05, 0.1) is 0 Å². The van der Waals surface area contributed by atoms with E-state index in [1.165, 1.54) is 11.3 Å². The van der Waals surface area contributed by atoms with E-state index in [0.717, 1.165) is 24.6 Å². The van der Waals surface area contributed by atoms with Crippen molar-refractivity contribution in [1.29, 1.82) is 0 Å². The van der Waals surface area contributed by atoms with Gasteiger partial charge in [-0.25, -0.2) is 0 Å². The van der Waals surface area contributed by atoms with Crippen molar-refractivity contribution in [3.8, 4) is 0 Å². The summed E-state index contributed by atoms with van der Waals surface area (Å²) in [5.74, 6) is 1.60. The van der Waals surface area contributed by atoms with E-state index in [9.17, 15) is 4.21 Å². The number of anilines is 1. The van der Waals surface area contributed by atoms with E-state index in [1.54, 1.807) is 0 Å². The van der Waals surface area contributed by atoms with Crippen LogP contribution in [0, 0.1) is 0 Å². The minimum Gasteiger partial charge on any atom is -0.370 e. The van der Waals surface area contributed by atoms with E-state index in [2.05, 4.69) is 41.4 Å². The fraction of sp³-hybridized carbons (Fsp3) is 0.538. The predicted octanol–water partition coefficient (Wildman–Crippen LogP) is 1.54. The molecule has 2 rings (SSSR count). The number of hydrogen-bond acceptors (Lipinski definition) is 3. The van der Waals surface area contributed by atoms with Gasteiger partial charge >= 0.3 is 0 Å². The van der Waals surface area contributed by atoms with Crippen LogP contribution < -0.4 is 10.2 Å². The molecule has 0 bridgehead atoms. The zero-order valence-electron chi connectivity index (χ0n) is 10.5. The van der Waals surface area contributed by atoms with Crippen molar-refractivity contribution >= 4 is 16.5 Å². The lowest BCUT2D eigenvalue weighted by Crippen LogP contribution is -2.37. The molecule has 0 saturated carbocycles. The molecule has 94 valence electrons. The summed E-state index contributed by atoms with van der Waals surface area (Å²) >= 11 is 0. The van der Waals surface area contributed by atoms with Crippen molar-refractivity contribution in [2.24, 2.45) is 0 Å². The highest BCUT2D eigenvalue weighted by Gasteiger charge is 2.15. The molecule has 0 aliphatic carbocycles. The van der Waals surface area contributed by atoms with E-state index in [1.807, 2.05) is 7.05 Å². The van der Waals surface area contributed by atoms with Gasteiger partial charge in [0, 0.05) is 47.1 Å². The summed E-state index contributed by atoms with van der Waals surface area (Å²) in [6.45, 7) is 3.97. The van der Waals surface area contributed by atoms with Crippen LogP contribution in [0.1, 0.15) is 18.5 Å². The lowest BCUT2D eigenvalue weighted by atomic mass is 10.1. The largest absolute Gasteiger partial charge is 0.370 e. The maximum atomic E-state index is 11.3. The van der Waals surface area contributed by atoms with Gasteiger partial charge in [0.15, 0.2) is 0 Å². The maximum absolute atomic E-state index is 11.3. The SMILES string of the molecule is CNC(C)c1ccc(N2CCS(=O)CC2)cc1. The fourth-order valence-corrected chi connectivity index (χ4v) is 3.09. The second-order valence-electron chi connectivity index (χ2n) is 4.44. The topological polar surface area (TPSA) is 32.3 Å². The Kier molecular flexibility index (Phi) is 4.18. The summed E-state index contributed by atoms with van der Waals surface area (Å²) < 4.78 is 11.3. The van der Waals surface area contributed by atoms with Crippen molar-refractivity contribution in [3.05, 3.63) is 29.8 Å². The molecular weight excluding hydrogens is 232 g/mol. The Bertz CT molecular complexity index is 381. The Morgan fingerprint density at radius 1 is 1.24 bits per heavy atom. The summed E-state index contributed by atoms with van der Waals surface area (Å²) in [6.07, 6.45) is 0. The molecule has 1 aliphatic rings. The summed E-state index contributed by atoms with van der Waals surface area (Å²) in [5, 5.41) is 3.23. The van der Waals surface area contributed by atoms with Crippen molar-refractivity contribution in [2.75, 3.05) is 36.5 Å². The second kappa shape index (κ2) is 5.65. The van der Waals surface area contributed by atoms with Crippen molar-refractivity contribution < 1.29 is 4.21 Å².